The Labute approximate surface area is 204 Å². The van der Waals surface area contributed by atoms with Crippen molar-refractivity contribution in [3.63, 3.8) is 0 Å². The van der Waals surface area contributed by atoms with Gasteiger partial charge in [-0.2, -0.15) is 0 Å². The van der Waals surface area contributed by atoms with E-state index in [1.807, 2.05) is 0 Å². The fraction of sp³-hybridized carbons (Fsp3) is 0.121. The fourth-order valence-electron chi connectivity index (χ4n) is 7.01. The largest absolute Gasteiger partial charge is 0.309 e. The summed E-state index contributed by atoms with van der Waals surface area (Å²) < 4.78 is 0. The van der Waals surface area contributed by atoms with Crippen molar-refractivity contribution >= 4 is 17.1 Å². The number of rotatable bonds is 0. The first-order chi connectivity index (χ1) is 17.3. The highest BCUT2D eigenvalue weighted by Crippen LogP contribution is 2.54. The van der Waals surface area contributed by atoms with E-state index in [9.17, 15) is 0 Å². The van der Waals surface area contributed by atoms with Gasteiger partial charge in [0.2, 0.25) is 0 Å². The van der Waals surface area contributed by atoms with Crippen molar-refractivity contribution in [2.75, 3.05) is 4.90 Å². The third kappa shape index (κ3) is 2.32. The lowest BCUT2D eigenvalue weighted by Crippen LogP contribution is -2.25. The molecule has 0 radical (unpaired) electrons. The van der Waals surface area contributed by atoms with Gasteiger partial charge in [0.05, 0.1) is 17.1 Å². The molecule has 2 aliphatic heterocycles. The maximum Gasteiger partial charge on any atom is 0.0563 e. The maximum atomic E-state index is 4.67. The average Bonchev–Trinajstić information content (AvgIpc) is 3.43. The normalized spacial score (nSPS) is 14.9. The zero-order valence-corrected chi connectivity index (χ0v) is 19.3. The second-order valence-corrected chi connectivity index (χ2v) is 10.4. The van der Waals surface area contributed by atoms with Crippen LogP contribution in [0.3, 0.4) is 0 Å². The van der Waals surface area contributed by atoms with Crippen LogP contribution in [0.15, 0.2) is 85.2 Å². The molecule has 0 spiro atoms. The van der Waals surface area contributed by atoms with E-state index >= 15 is 0 Å². The van der Waals surface area contributed by atoms with Gasteiger partial charge in [-0.25, -0.2) is 0 Å². The van der Waals surface area contributed by atoms with E-state index < -0.39 is 0 Å². The molecule has 1 aromatic heterocycles. The van der Waals surface area contributed by atoms with Crippen molar-refractivity contribution in [1.82, 2.24) is 4.98 Å². The molecule has 0 saturated heterocycles. The van der Waals surface area contributed by atoms with Crippen LogP contribution >= 0.6 is 0 Å². The number of aromatic nitrogens is 1. The van der Waals surface area contributed by atoms with Gasteiger partial charge >= 0.3 is 0 Å². The van der Waals surface area contributed by atoms with Crippen LogP contribution in [-0.2, 0) is 25.7 Å². The van der Waals surface area contributed by atoms with Crippen LogP contribution in [0, 0.1) is 0 Å². The average molecular weight is 447 g/mol. The first-order valence-corrected chi connectivity index (χ1v) is 12.6. The molecule has 2 nitrogen and oxygen atoms in total. The van der Waals surface area contributed by atoms with Gasteiger partial charge in [0.15, 0.2) is 0 Å². The molecule has 35 heavy (non-hydrogen) atoms. The van der Waals surface area contributed by atoms with E-state index in [1.165, 1.54) is 83.8 Å². The summed E-state index contributed by atoms with van der Waals surface area (Å²) >= 11 is 0. The summed E-state index contributed by atoms with van der Waals surface area (Å²) in [5, 5.41) is 0. The zero-order chi connectivity index (χ0) is 22.7. The second-order valence-electron chi connectivity index (χ2n) is 10.4. The number of fused-ring (bicyclic) bond motifs is 10. The van der Waals surface area contributed by atoms with Crippen LogP contribution in [0.4, 0.5) is 17.1 Å². The summed E-state index contributed by atoms with van der Waals surface area (Å²) in [6, 6.07) is 27.7. The van der Waals surface area contributed by atoms with E-state index in [4.69, 9.17) is 0 Å². The number of anilines is 3. The van der Waals surface area contributed by atoms with Crippen molar-refractivity contribution < 1.29 is 0 Å². The lowest BCUT2D eigenvalue weighted by atomic mass is 9.85. The Morgan fingerprint density at radius 2 is 1.00 bits per heavy atom. The third-order valence-electron chi connectivity index (χ3n) is 8.52. The predicted molar refractivity (Wildman–Crippen MR) is 141 cm³/mol. The number of benzene rings is 4. The molecule has 164 valence electrons. The molecule has 0 unspecified atom stereocenters. The summed E-state index contributed by atoms with van der Waals surface area (Å²) in [5.41, 5.74) is 21.0. The van der Waals surface area contributed by atoms with Gasteiger partial charge in [-0.3, -0.25) is 4.98 Å². The minimum Gasteiger partial charge on any atom is -0.309 e. The highest BCUT2D eigenvalue weighted by atomic mass is 15.2. The van der Waals surface area contributed by atoms with Gasteiger partial charge in [0, 0.05) is 25.2 Å². The smallest absolute Gasteiger partial charge is 0.0563 e. The van der Waals surface area contributed by atoms with E-state index in [1.54, 1.807) is 0 Å². The van der Waals surface area contributed by atoms with E-state index in [-0.39, 0.29) is 0 Å². The minimum atomic E-state index is 0.945. The Balaban J connectivity index is 1.30. The summed E-state index contributed by atoms with van der Waals surface area (Å²) in [5.74, 6) is 0. The van der Waals surface area contributed by atoms with Gasteiger partial charge < -0.3 is 4.90 Å². The summed E-state index contributed by atoms with van der Waals surface area (Å²) in [7, 11) is 0. The van der Waals surface area contributed by atoms with Crippen molar-refractivity contribution in [1.29, 1.82) is 0 Å². The molecule has 2 heteroatoms. The SMILES string of the molecule is c1ccc2c(c1)Cc1cc3c(cc1-2)Cc1cncc2c1N3c1cc3c(cc1C2)Cc1ccccc1-3. The van der Waals surface area contributed by atoms with E-state index in [0.717, 1.165) is 25.7 Å². The Morgan fingerprint density at radius 3 is 1.71 bits per heavy atom. The van der Waals surface area contributed by atoms with Gasteiger partial charge in [0.25, 0.3) is 0 Å². The molecule has 0 bridgehead atoms. The maximum absolute atomic E-state index is 4.67. The monoisotopic (exact) mass is 446 g/mol. The highest BCUT2D eigenvalue weighted by Gasteiger charge is 2.35. The number of pyridine rings is 1. The third-order valence-corrected chi connectivity index (χ3v) is 8.52. The lowest BCUT2D eigenvalue weighted by Gasteiger charge is -2.39. The van der Waals surface area contributed by atoms with Crippen molar-refractivity contribution in [2.45, 2.75) is 25.7 Å². The van der Waals surface area contributed by atoms with Crippen LogP contribution in [-0.4, -0.2) is 4.98 Å². The quantitative estimate of drug-likeness (QED) is 0.240. The van der Waals surface area contributed by atoms with Crippen LogP contribution in [0.2, 0.25) is 0 Å². The number of hydrogen-bond donors (Lipinski definition) is 0. The van der Waals surface area contributed by atoms with Gasteiger partial charge in [0.1, 0.15) is 0 Å². The van der Waals surface area contributed by atoms with Gasteiger partial charge in [-0.1, -0.05) is 54.6 Å². The molecule has 0 saturated carbocycles. The first kappa shape index (κ1) is 18.2. The van der Waals surface area contributed by atoms with Crippen LogP contribution in [0.5, 0.6) is 0 Å². The molecule has 2 aliphatic carbocycles. The molecule has 4 aromatic carbocycles. The van der Waals surface area contributed by atoms with Crippen LogP contribution in [0.25, 0.3) is 22.3 Å². The fourth-order valence-corrected chi connectivity index (χ4v) is 7.01. The first-order valence-electron chi connectivity index (χ1n) is 12.6. The van der Waals surface area contributed by atoms with Crippen molar-refractivity contribution in [2.24, 2.45) is 0 Å². The van der Waals surface area contributed by atoms with E-state index in [0.29, 0.717) is 0 Å². The van der Waals surface area contributed by atoms with E-state index in [2.05, 4.69) is 95.1 Å². The lowest BCUT2D eigenvalue weighted by molar-refractivity contribution is 0.982. The molecular formula is C33H22N2. The second kappa shape index (κ2) is 6.28. The van der Waals surface area contributed by atoms with Gasteiger partial charge in [-0.15, -0.1) is 0 Å². The number of nitrogens with zero attached hydrogens (tertiary/aromatic N) is 2. The molecule has 3 heterocycles. The molecule has 9 rings (SSSR count). The Bertz CT molecular complexity index is 1760. The molecular weight excluding hydrogens is 424 g/mol. The molecule has 5 aromatic rings. The standard InChI is InChI=1S/C33H22N2/c1-3-7-27-20(6-1)10-22-15-31-24(14-29(22)27)13-26-18-34-17-25-12-23-11-21-9-19-5-2-4-8-28(19)30(21)16-32(23)35(31)33(25)26/h1-8,11,14-18H,9-10,12-13H2. The van der Waals surface area contributed by atoms with Gasteiger partial charge in [-0.05, 0) is 97.8 Å². The molecule has 4 aliphatic rings. The summed E-state index contributed by atoms with van der Waals surface area (Å²) in [6.45, 7) is 0. The number of hydrogen-bond acceptors (Lipinski definition) is 2. The molecule has 0 N–H and O–H groups in total. The highest BCUT2D eigenvalue weighted by molar-refractivity contribution is 5.94. The summed E-state index contributed by atoms with van der Waals surface area (Å²) in [6.07, 6.45) is 8.13. The van der Waals surface area contributed by atoms with Crippen molar-refractivity contribution in [3.8, 4) is 22.3 Å². The Kier molecular flexibility index (Phi) is 3.27. The topological polar surface area (TPSA) is 16.1 Å². The molecule has 0 amide bonds. The molecule has 0 fully saturated rings. The predicted octanol–water partition coefficient (Wildman–Crippen LogP) is 7.50. The van der Waals surface area contributed by atoms with Crippen molar-refractivity contribution in [3.05, 3.63) is 130 Å². The Hall–Kier alpha value is -4.17. The van der Waals surface area contributed by atoms with Crippen LogP contribution in [0.1, 0.15) is 44.5 Å². The molecule has 0 atom stereocenters. The van der Waals surface area contributed by atoms with Crippen LogP contribution < -0.4 is 4.90 Å². The zero-order valence-electron chi connectivity index (χ0n) is 19.3. The summed E-state index contributed by atoms with van der Waals surface area (Å²) in [4.78, 5) is 7.23. The minimum absolute atomic E-state index is 0.945. The Morgan fingerprint density at radius 1 is 0.457 bits per heavy atom.